The third kappa shape index (κ3) is 3.61. The molecule has 2 aromatic rings. The third-order valence-electron chi connectivity index (χ3n) is 2.67. The smallest absolute Gasteiger partial charge is 0.294 e. The van der Waals surface area contributed by atoms with Crippen LogP contribution in [0.2, 0.25) is 0 Å². The van der Waals surface area contributed by atoms with Crippen molar-refractivity contribution in [2.75, 3.05) is 11.2 Å². The van der Waals surface area contributed by atoms with Crippen LogP contribution in [-0.2, 0) is 20.2 Å². The van der Waals surface area contributed by atoms with Gasteiger partial charge < -0.3 is 10.4 Å². The minimum atomic E-state index is -4.48. The SMILES string of the molecule is O=S(=O)(O)CNc1cccc2cc(S(=O)(=O)O)cc(O)c12. The molecule has 0 spiro atoms. The van der Waals surface area contributed by atoms with E-state index in [1.165, 1.54) is 18.2 Å². The van der Waals surface area contributed by atoms with Gasteiger partial charge in [0.15, 0.2) is 0 Å². The van der Waals surface area contributed by atoms with Gasteiger partial charge >= 0.3 is 0 Å². The van der Waals surface area contributed by atoms with Crippen molar-refractivity contribution in [3.05, 3.63) is 30.3 Å². The Balaban J connectivity index is 2.61. The lowest BCUT2D eigenvalue weighted by molar-refractivity contribution is 0.471. The lowest BCUT2D eigenvalue weighted by Crippen LogP contribution is -2.13. The number of phenolic OH excluding ortho intramolecular Hbond substituents is 1. The molecule has 0 fully saturated rings. The van der Waals surface area contributed by atoms with Crippen LogP contribution in [0.25, 0.3) is 10.8 Å². The fourth-order valence-corrected chi connectivity index (χ4v) is 2.72. The molecule has 0 unspecified atom stereocenters. The number of benzene rings is 2. The highest BCUT2D eigenvalue weighted by Gasteiger charge is 2.15. The second-order valence-corrected chi connectivity index (χ2v) is 7.10. The van der Waals surface area contributed by atoms with Crippen molar-refractivity contribution < 1.29 is 31.0 Å². The van der Waals surface area contributed by atoms with Crippen LogP contribution in [-0.4, -0.2) is 36.9 Å². The van der Waals surface area contributed by atoms with Crippen LogP contribution in [0.3, 0.4) is 0 Å². The Morgan fingerprint density at radius 2 is 1.71 bits per heavy atom. The summed E-state index contributed by atoms with van der Waals surface area (Å²) in [6, 6.07) is 6.38. The zero-order chi connectivity index (χ0) is 15.8. The molecule has 0 atom stereocenters. The maximum Gasteiger partial charge on any atom is 0.294 e. The van der Waals surface area contributed by atoms with E-state index in [9.17, 15) is 21.9 Å². The van der Waals surface area contributed by atoms with E-state index >= 15 is 0 Å². The van der Waals surface area contributed by atoms with Gasteiger partial charge in [0, 0.05) is 17.1 Å². The van der Waals surface area contributed by atoms with E-state index in [1.807, 2.05) is 0 Å². The molecule has 0 saturated heterocycles. The molecule has 114 valence electrons. The van der Waals surface area contributed by atoms with E-state index in [1.54, 1.807) is 0 Å². The van der Waals surface area contributed by atoms with E-state index in [-0.39, 0.29) is 16.5 Å². The highest BCUT2D eigenvalue weighted by Crippen LogP contribution is 2.34. The summed E-state index contributed by atoms with van der Waals surface area (Å²) < 4.78 is 61.3. The maximum absolute atomic E-state index is 11.1. The average Bonchev–Trinajstić information content (AvgIpc) is 2.33. The fraction of sp³-hybridized carbons (Fsp3) is 0.0909. The minimum absolute atomic E-state index is 0.161. The van der Waals surface area contributed by atoms with Crippen LogP contribution < -0.4 is 5.32 Å². The molecule has 0 aliphatic rings. The molecule has 0 aliphatic carbocycles. The van der Waals surface area contributed by atoms with Crippen molar-refractivity contribution in [3.8, 4) is 5.75 Å². The second-order valence-electron chi connectivity index (χ2n) is 4.22. The van der Waals surface area contributed by atoms with Crippen molar-refractivity contribution in [2.45, 2.75) is 4.90 Å². The van der Waals surface area contributed by atoms with Gasteiger partial charge in [0.25, 0.3) is 20.2 Å². The molecule has 4 N–H and O–H groups in total. The Labute approximate surface area is 120 Å². The van der Waals surface area contributed by atoms with Crippen molar-refractivity contribution in [1.82, 2.24) is 0 Å². The summed E-state index contributed by atoms with van der Waals surface area (Å²) in [5.74, 6) is -1.23. The Bertz CT molecular complexity index is 904. The van der Waals surface area contributed by atoms with Crippen molar-refractivity contribution in [1.29, 1.82) is 0 Å². The van der Waals surface area contributed by atoms with E-state index in [2.05, 4.69) is 5.32 Å². The van der Waals surface area contributed by atoms with Crippen LogP contribution in [0.1, 0.15) is 0 Å². The molecule has 0 amide bonds. The predicted molar refractivity (Wildman–Crippen MR) is 75.5 cm³/mol. The fourth-order valence-electron chi connectivity index (χ4n) is 1.84. The molecule has 21 heavy (non-hydrogen) atoms. The Morgan fingerprint density at radius 3 is 2.29 bits per heavy atom. The third-order valence-corrected chi connectivity index (χ3v) is 4.01. The summed E-state index contributed by atoms with van der Waals surface area (Å²) in [4.78, 5) is -0.487. The van der Waals surface area contributed by atoms with Gasteiger partial charge in [-0.1, -0.05) is 12.1 Å². The Morgan fingerprint density at radius 1 is 1.05 bits per heavy atom. The number of rotatable bonds is 4. The van der Waals surface area contributed by atoms with E-state index in [4.69, 9.17) is 9.11 Å². The van der Waals surface area contributed by atoms with Crippen molar-refractivity contribution >= 4 is 36.7 Å². The lowest BCUT2D eigenvalue weighted by atomic mass is 10.1. The first-order valence-corrected chi connectivity index (χ1v) is 8.55. The summed E-state index contributed by atoms with van der Waals surface area (Å²) in [6.07, 6.45) is 0. The van der Waals surface area contributed by atoms with E-state index in [0.717, 1.165) is 12.1 Å². The number of hydrogen-bond acceptors (Lipinski definition) is 6. The van der Waals surface area contributed by atoms with Gasteiger partial charge in [-0.2, -0.15) is 16.8 Å². The van der Waals surface area contributed by atoms with Crippen molar-refractivity contribution in [2.24, 2.45) is 0 Å². The van der Waals surface area contributed by atoms with Crippen molar-refractivity contribution in [3.63, 3.8) is 0 Å². The van der Waals surface area contributed by atoms with Crippen LogP contribution in [0.5, 0.6) is 5.75 Å². The average molecular weight is 333 g/mol. The highest BCUT2D eigenvalue weighted by molar-refractivity contribution is 7.86. The molecule has 2 aromatic carbocycles. The monoisotopic (exact) mass is 333 g/mol. The molecule has 2 rings (SSSR count). The summed E-state index contributed by atoms with van der Waals surface area (Å²) >= 11 is 0. The Hall–Kier alpha value is -1.88. The zero-order valence-electron chi connectivity index (χ0n) is 10.4. The minimum Gasteiger partial charge on any atom is -0.507 e. The predicted octanol–water partition coefficient (Wildman–Crippen LogP) is 1.05. The number of hydrogen-bond donors (Lipinski definition) is 4. The number of anilines is 1. The number of fused-ring (bicyclic) bond motifs is 1. The molecular weight excluding hydrogens is 322 g/mol. The van der Waals surface area contributed by atoms with Crippen LogP contribution in [0.15, 0.2) is 35.2 Å². The Kier molecular flexibility index (Phi) is 3.80. The van der Waals surface area contributed by atoms with Gasteiger partial charge in [0.2, 0.25) is 0 Å². The molecule has 0 aromatic heterocycles. The van der Waals surface area contributed by atoms with Crippen LogP contribution >= 0.6 is 0 Å². The molecule has 8 nitrogen and oxygen atoms in total. The summed E-state index contributed by atoms with van der Waals surface area (Å²) in [7, 11) is -8.75. The standard InChI is InChI=1S/C11H11NO7S2/c13-10-5-8(21(17,18)19)4-7-2-1-3-9(11(7)10)12-6-20(14,15)16/h1-5,12-13H,6H2,(H,14,15,16)(H,17,18,19). The van der Waals surface area contributed by atoms with E-state index in [0.29, 0.717) is 0 Å². The maximum atomic E-state index is 11.1. The second kappa shape index (κ2) is 5.15. The van der Waals surface area contributed by atoms with Gasteiger partial charge in [-0.05, 0) is 17.5 Å². The number of phenols is 1. The van der Waals surface area contributed by atoms with Gasteiger partial charge in [0.05, 0.1) is 4.90 Å². The number of nitrogens with one attached hydrogen (secondary N) is 1. The van der Waals surface area contributed by atoms with Gasteiger partial charge in [-0.15, -0.1) is 0 Å². The van der Waals surface area contributed by atoms with Gasteiger partial charge in [-0.3, -0.25) is 9.11 Å². The van der Waals surface area contributed by atoms with Crippen LogP contribution in [0.4, 0.5) is 5.69 Å². The molecule has 0 radical (unpaired) electrons. The molecule has 0 saturated carbocycles. The first kappa shape index (κ1) is 15.5. The highest BCUT2D eigenvalue weighted by atomic mass is 32.2. The number of aromatic hydroxyl groups is 1. The summed E-state index contributed by atoms with van der Waals surface area (Å²) in [5.41, 5.74) is 0.185. The largest absolute Gasteiger partial charge is 0.507 e. The quantitative estimate of drug-likeness (QED) is 0.608. The molecule has 0 heterocycles. The topological polar surface area (TPSA) is 141 Å². The normalized spacial score (nSPS) is 12.5. The summed E-state index contributed by atoms with van der Waals surface area (Å²) in [6.45, 7) is 0. The lowest BCUT2D eigenvalue weighted by Gasteiger charge is -2.11. The van der Waals surface area contributed by atoms with Gasteiger partial charge in [-0.25, -0.2) is 0 Å². The summed E-state index contributed by atoms with van der Waals surface area (Å²) in [5, 5.41) is 12.7. The molecule has 10 heteroatoms. The van der Waals surface area contributed by atoms with Crippen LogP contribution in [0, 0.1) is 0 Å². The van der Waals surface area contributed by atoms with Gasteiger partial charge in [0.1, 0.15) is 11.6 Å². The molecule has 0 bridgehead atoms. The molecule has 0 aliphatic heterocycles. The molecular formula is C11H11NO7S2. The first-order chi connectivity index (χ1) is 9.58. The first-order valence-electron chi connectivity index (χ1n) is 5.50. The zero-order valence-corrected chi connectivity index (χ0v) is 12.0. The van der Waals surface area contributed by atoms with E-state index < -0.39 is 36.8 Å².